The van der Waals surface area contributed by atoms with Crippen molar-refractivity contribution in [3.8, 4) is 0 Å². The van der Waals surface area contributed by atoms with Gasteiger partial charge in [0, 0.05) is 0 Å². The fourth-order valence-electron chi connectivity index (χ4n) is 0.440. The third kappa shape index (κ3) is 4.75. The molecule has 0 amide bonds. The average Bonchev–Trinajstić information content (AvgIpc) is 1.96. The summed E-state index contributed by atoms with van der Waals surface area (Å²) in [6.07, 6.45) is 0. The van der Waals surface area contributed by atoms with Crippen LogP contribution in [0.15, 0.2) is 0 Å². The summed E-state index contributed by atoms with van der Waals surface area (Å²) in [6, 6.07) is 0. The van der Waals surface area contributed by atoms with Gasteiger partial charge in [0.05, 0.1) is 26.4 Å². The molecule has 1 aliphatic rings. The number of ether oxygens (including phenoxy) is 2. The number of rotatable bonds is 0. The van der Waals surface area contributed by atoms with Crippen LogP contribution in [0.4, 0.5) is 0 Å². The van der Waals surface area contributed by atoms with Crippen LogP contribution >= 0.6 is 0 Å². The maximum atomic E-state index is 8.39. The van der Waals surface area contributed by atoms with E-state index in [4.69, 9.17) is 12.3 Å². The van der Waals surface area contributed by atoms with E-state index in [0.717, 1.165) is 26.4 Å². The molecule has 0 aromatic heterocycles. The third-order valence-corrected chi connectivity index (χ3v) is 0.744. The molecule has 8 heavy (non-hydrogen) atoms. The maximum absolute atomic E-state index is 8.39. The zero-order chi connectivity index (χ0) is 6.24. The van der Waals surface area contributed by atoms with Crippen molar-refractivity contribution in [1.82, 2.24) is 0 Å². The summed E-state index contributed by atoms with van der Waals surface area (Å²) >= 11 is 0.0556. The molecule has 0 spiro atoms. The molecule has 0 saturated carbocycles. The normalized spacial score (nSPS) is 18.5. The van der Waals surface area contributed by atoms with Crippen LogP contribution in [0.5, 0.6) is 0 Å². The van der Waals surface area contributed by atoms with Gasteiger partial charge in [-0.2, -0.15) is 0 Å². The summed E-state index contributed by atoms with van der Waals surface area (Å²) in [5.41, 5.74) is 0. The second kappa shape index (κ2) is 7.60. The van der Waals surface area contributed by atoms with E-state index in [2.05, 4.69) is 0 Å². The zero-order valence-electron chi connectivity index (χ0n) is 4.55. The Balaban J connectivity index is 0.000000222. The molecular weight excluding hydrogens is 305 g/mol. The fraction of sp³-hybridized carbons (Fsp3) is 1.00. The Hall–Kier alpha value is 0.603. The molecule has 0 aromatic carbocycles. The molecule has 0 unspecified atom stereocenters. The van der Waals surface area contributed by atoms with E-state index >= 15 is 0 Å². The van der Waals surface area contributed by atoms with Gasteiger partial charge in [0.2, 0.25) is 0 Å². The van der Waals surface area contributed by atoms with Crippen LogP contribution in [0.1, 0.15) is 0 Å². The Morgan fingerprint density at radius 2 is 1.12 bits per heavy atom. The minimum atomic E-state index is 0.0556. The Morgan fingerprint density at radius 3 is 1.25 bits per heavy atom. The van der Waals surface area contributed by atoms with Gasteiger partial charge in [-0.05, 0) is 0 Å². The summed E-state index contributed by atoms with van der Waals surface area (Å²) in [4.78, 5) is 0. The predicted molar refractivity (Wildman–Crippen MR) is 29.5 cm³/mol. The molecule has 1 heterocycles. The van der Waals surface area contributed by atoms with Crippen molar-refractivity contribution in [2.45, 2.75) is 0 Å². The van der Waals surface area contributed by atoms with Gasteiger partial charge in [-0.25, -0.2) is 0 Å². The van der Waals surface area contributed by atoms with Crippen LogP contribution < -0.4 is 0 Å². The van der Waals surface area contributed by atoms with E-state index in [9.17, 15) is 0 Å². The average molecular weight is 314 g/mol. The number of hydrogen-bond donors (Lipinski definition) is 0. The quantitative estimate of drug-likeness (QED) is 0.553. The first-order valence-corrected chi connectivity index (χ1v) is 3.95. The van der Waals surface area contributed by atoms with E-state index in [1.807, 2.05) is 0 Å². The van der Waals surface area contributed by atoms with Crippen molar-refractivity contribution in [2.75, 3.05) is 26.4 Å². The molecule has 1 aliphatic heterocycles. The van der Waals surface area contributed by atoms with Crippen molar-refractivity contribution in [1.29, 1.82) is 0 Å². The summed E-state index contributed by atoms with van der Waals surface area (Å²) in [5, 5.41) is 0. The predicted octanol–water partition coefficient (Wildman–Crippen LogP) is -0.734. The summed E-state index contributed by atoms with van der Waals surface area (Å²) in [7, 11) is 0. The first-order chi connectivity index (χ1) is 4.00. The van der Waals surface area contributed by atoms with Crippen LogP contribution in [0.2, 0.25) is 0 Å². The molecule has 0 bridgehead atoms. The van der Waals surface area contributed by atoms with Crippen molar-refractivity contribution in [2.24, 2.45) is 0 Å². The van der Waals surface area contributed by atoms with Crippen molar-refractivity contribution in [3.63, 3.8) is 0 Å². The van der Waals surface area contributed by atoms with Gasteiger partial charge >= 0.3 is 27.5 Å². The van der Waals surface area contributed by atoms with E-state index in [1.165, 1.54) is 0 Å². The second-order valence-corrected chi connectivity index (χ2v) is 1.22. The summed E-state index contributed by atoms with van der Waals surface area (Å²) < 4.78 is 18.3. The zero-order valence-corrected chi connectivity index (χ0v) is 8.44. The Kier molecular flexibility index (Phi) is 8.18. The topological polar surface area (TPSA) is 35.5 Å². The molecule has 0 N–H and O–H groups in total. The van der Waals surface area contributed by atoms with Crippen molar-refractivity contribution >= 4 is 24.7 Å². The summed E-state index contributed by atoms with van der Waals surface area (Å²) in [5.74, 6) is 0. The van der Waals surface area contributed by atoms with E-state index in [1.54, 1.807) is 0 Å². The number of hydrogen-bond acceptors (Lipinski definition) is 3. The molecule has 4 heteroatoms. The van der Waals surface area contributed by atoms with E-state index in [-0.39, 0.29) is 24.7 Å². The molecule has 0 radical (unpaired) electrons. The van der Waals surface area contributed by atoms with Crippen LogP contribution in [0.3, 0.4) is 0 Å². The Labute approximate surface area is 63.6 Å². The minimum absolute atomic E-state index is 0.0556. The van der Waals surface area contributed by atoms with Gasteiger partial charge in [0.1, 0.15) is 0 Å². The van der Waals surface area contributed by atoms with Gasteiger partial charge in [-0.3, -0.25) is 0 Å². The first-order valence-electron chi connectivity index (χ1n) is 2.36. The molecule has 0 aromatic rings. The molecule has 0 aliphatic carbocycles. The fourth-order valence-corrected chi connectivity index (χ4v) is 0.440. The van der Waals surface area contributed by atoms with Crippen LogP contribution in [0.25, 0.3) is 0 Å². The molecule has 3 nitrogen and oxygen atoms in total. The van der Waals surface area contributed by atoms with Gasteiger partial charge in [0.15, 0.2) is 0 Å². The first kappa shape index (κ1) is 8.60. The third-order valence-electron chi connectivity index (χ3n) is 0.744. The molecule has 1 fully saturated rings. The Bertz CT molecular complexity index is 35.0. The Morgan fingerprint density at radius 1 is 0.875 bits per heavy atom. The van der Waals surface area contributed by atoms with Crippen LogP contribution in [-0.4, -0.2) is 51.2 Å². The molecule has 0 atom stereocenters. The second-order valence-electron chi connectivity index (χ2n) is 1.22. The van der Waals surface area contributed by atoms with E-state index in [0.29, 0.717) is 0 Å². The van der Waals surface area contributed by atoms with Crippen LogP contribution in [-0.2, 0) is 12.3 Å². The van der Waals surface area contributed by atoms with E-state index < -0.39 is 0 Å². The van der Waals surface area contributed by atoms with Gasteiger partial charge in [-0.15, -0.1) is 0 Å². The summed E-state index contributed by atoms with van der Waals surface area (Å²) in [6.45, 7) is 3.11. The van der Waals surface area contributed by atoms with Gasteiger partial charge in [-0.1, -0.05) is 0 Å². The monoisotopic (exact) mass is 314 g/mol. The molecular formula is C4H9BiO3. The van der Waals surface area contributed by atoms with Gasteiger partial charge < -0.3 is 9.47 Å². The van der Waals surface area contributed by atoms with Crippen molar-refractivity contribution < 1.29 is 12.3 Å². The molecule has 48 valence electrons. The standard InChI is InChI=1S/C4H8O2.Bi.O.H/c1-2-6-4-3-5-1;;;/h1-4H2;;;. The van der Waals surface area contributed by atoms with Crippen molar-refractivity contribution in [3.05, 3.63) is 0 Å². The molecule has 1 rings (SSSR count). The van der Waals surface area contributed by atoms with Gasteiger partial charge in [0.25, 0.3) is 0 Å². The SMILES string of the molecule is C1COCCO1.[O]=[BiH]. The molecule has 1 saturated heterocycles. The van der Waals surface area contributed by atoms with Crippen LogP contribution in [0, 0.1) is 0 Å².